The van der Waals surface area contributed by atoms with Gasteiger partial charge >= 0.3 is 0 Å². The number of oxazole rings is 1. The predicted octanol–water partition coefficient (Wildman–Crippen LogP) is 4.59. The highest BCUT2D eigenvalue weighted by Crippen LogP contribution is 2.37. The monoisotopic (exact) mass is 400 g/mol. The van der Waals surface area contributed by atoms with Crippen LogP contribution in [0.15, 0.2) is 53.1 Å². The van der Waals surface area contributed by atoms with Crippen molar-refractivity contribution >= 4 is 22.4 Å². The van der Waals surface area contributed by atoms with E-state index >= 15 is 0 Å². The fraction of sp³-hybridized carbons (Fsp3) is 0.250. The molecular weight excluding hydrogens is 376 g/mol. The topological polar surface area (TPSA) is 77.4 Å². The number of aromatic nitrogens is 2. The van der Waals surface area contributed by atoms with Crippen LogP contribution in [-0.2, 0) is 4.74 Å². The van der Waals surface area contributed by atoms with E-state index in [1.807, 2.05) is 19.1 Å². The third-order valence-electron chi connectivity index (χ3n) is 5.59. The molecule has 1 aliphatic rings. The Hall–Kier alpha value is -3.38. The number of nitrogens with zero attached hydrogens (tertiary/aromatic N) is 3. The van der Waals surface area contributed by atoms with Gasteiger partial charge in [-0.05, 0) is 54.8 Å². The molecule has 152 valence electrons. The molecule has 0 bridgehead atoms. The lowest BCUT2D eigenvalue weighted by Crippen LogP contribution is -2.36. The van der Waals surface area contributed by atoms with Crippen molar-refractivity contribution in [1.82, 2.24) is 9.97 Å². The van der Waals surface area contributed by atoms with Crippen molar-refractivity contribution in [1.29, 1.82) is 0 Å². The molecular formula is C24H24N4O2. The van der Waals surface area contributed by atoms with Gasteiger partial charge in [-0.1, -0.05) is 18.2 Å². The van der Waals surface area contributed by atoms with Gasteiger partial charge < -0.3 is 19.8 Å². The number of benzene rings is 2. The molecule has 0 saturated carbocycles. The Morgan fingerprint density at radius 1 is 1.03 bits per heavy atom. The SMILES string of the molecule is Cc1cnc(-c2cccc(C)c2-c2ccc3nc(N)c(N4CCOCC4)cc3c2)o1. The zero-order valence-electron chi connectivity index (χ0n) is 17.2. The lowest BCUT2D eigenvalue weighted by atomic mass is 9.94. The highest BCUT2D eigenvalue weighted by atomic mass is 16.5. The molecule has 0 amide bonds. The van der Waals surface area contributed by atoms with Gasteiger partial charge in [0.2, 0.25) is 5.89 Å². The fourth-order valence-electron chi connectivity index (χ4n) is 4.10. The number of fused-ring (bicyclic) bond motifs is 1. The second kappa shape index (κ2) is 7.46. The van der Waals surface area contributed by atoms with Crippen LogP contribution in [-0.4, -0.2) is 36.3 Å². The van der Waals surface area contributed by atoms with Crippen LogP contribution in [0.5, 0.6) is 0 Å². The van der Waals surface area contributed by atoms with Crippen LogP contribution in [0.1, 0.15) is 11.3 Å². The number of hydrogen-bond donors (Lipinski definition) is 1. The first-order valence-electron chi connectivity index (χ1n) is 10.2. The summed E-state index contributed by atoms with van der Waals surface area (Å²) >= 11 is 0. The predicted molar refractivity (Wildman–Crippen MR) is 120 cm³/mol. The maximum Gasteiger partial charge on any atom is 0.226 e. The van der Waals surface area contributed by atoms with E-state index in [9.17, 15) is 0 Å². The molecule has 6 heteroatoms. The summed E-state index contributed by atoms with van der Waals surface area (Å²) in [6, 6.07) is 14.6. The number of anilines is 2. The highest BCUT2D eigenvalue weighted by molar-refractivity contribution is 5.92. The molecule has 1 aliphatic heterocycles. The van der Waals surface area contributed by atoms with Crippen molar-refractivity contribution in [3.05, 3.63) is 60.0 Å². The summed E-state index contributed by atoms with van der Waals surface area (Å²) in [5, 5.41) is 1.06. The Morgan fingerprint density at radius 3 is 2.63 bits per heavy atom. The number of morpholine rings is 1. The van der Waals surface area contributed by atoms with Gasteiger partial charge in [-0.3, -0.25) is 0 Å². The normalized spacial score (nSPS) is 14.4. The Labute approximate surface area is 175 Å². The van der Waals surface area contributed by atoms with E-state index in [1.165, 1.54) is 5.56 Å². The maximum atomic E-state index is 6.28. The van der Waals surface area contributed by atoms with E-state index in [0.29, 0.717) is 24.9 Å². The number of rotatable bonds is 3. The molecule has 6 nitrogen and oxygen atoms in total. The second-order valence-electron chi connectivity index (χ2n) is 7.67. The Bertz CT molecular complexity index is 1230. The van der Waals surface area contributed by atoms with E-state index in [-0.39, 0.29) is 0 Å². The minimum absolute atomic E-state index is 0.559. The van der Waals surface area contributed by atoms with Crippen LogP contribution in [0.2, 0.25) is 0 Å². The minimum Gasteiger partial charge on any atom is -0.441 e. The van der Waals surface area contributed by atoms with Gasteiger partial charge in [-0.25, -0.2) is 9.97 Å². The van der Waals surface area contributed by atoms with Gasteiger partial charge in [0.15, 0.2) is 0 Å². The lowest BCUT2D eigenvalue weighted by molar-refractivity contribution is 0.123. The highest BCUT2D eigenvalue weighted by Gasteiger charge is 2.18. The molecule has 4 aromatic rings. The largest absolute Gasteiger partial charge is 0.441 e. The van der Waals surface area contributed by atoms with Crippen molar-refractivity contribution in [3.63, 3.8) is 0 Å². The lowest BCUT2D eigenvalue weighted by Gasteiger charge is -2.29. The molecule has 0 atom stereocenters. The second-order valence-corrected chi connectivity index (χ2v) is 7.67. The van der Waals surface area contributed by atoms with Gasteiger partial charge in [0.05, 0.1) is 30.6 Å². The first-order valence-corrected chi connectivity index (χ1v) is 10.2. The Balaban J connectivity index is 1.64. The summed E-state index contributed by atoms with van der Waals surface area (Å²) < 4.78 is 11.3. The molecule has 5 rings (SSSR count). The third kappa shape index (κ3) is 3.29. The van der Waals surface area contributed by atoms with Crippen molar-refractivity contribution < 1.29 is 9.15 Å². The molecule has 0 spiro atoms. The summed E-state index contributed by atoms with van der Waals surface area (Å²) in [6.07, 6.45) is 1.75. The molecule has 30 heavy (non-hydrogen) atoms. The average Bonchev–Trinajstić information content (AvgIpc) is 3.19. The van der Waals surface area contributed by atoms with Crippen LogP contribution >= 0.6 is 0 Å². The van der Waals surface area contributed by atoms with E-state index < -0.39 is 0 Å². The number of nitrogens with two attached hydrogens (primary N) is 1. The number of ether oxygens (including phenoxy) is 1. The van der Waals surface area contributed by atoms with E-state index in [1.54, 1.807) is 6.20 Å². The van der Waals surface area contributed by atoms with Gasteiger partial charge in [-0.2, -0.15) is 0 Å². The number of nitrogen functional groups attached to an aromatic ring is 1. The van der Waals surface area contributed by atoms with Gasteiger partial charge in [0.1, 0.15) is 11.6 Å². The molecule has 0 radical (unpaired) electrons. The Morgan fingerprint density at radius 2 is 1.87 bits per heavy atom. The molecule has 2 aromatic carbocycles. The molecule has 1 saturated heterocycles. The molecule has 2 aromatic heterocycles. The first kappa shape index (κ1) is 18.6. The first-order chi connectivity index (χ1) is 14.6. The van der Waals surface area contributed by atoms with Crippen LogP contribution in [0, 0.1) is 13.8 Å². The van der Waals surface area contributed by atoms with Crippen molar-refractivity contribution in [3.8, 4) is 22.6 Å². The average molecular weight is 400 g/mol. The summed E-state index contributed by atoms with van der Waals surface area (Å²) in [4.78, 5) is 11.3. The smallest absolute Gasteiger partial charge is 0.226 e. The third-order valence-corrected chi connectivity index (χ3v) is 5.59. The van der Waals surface area contributed by atoms with Gasteiger partial charge in [0, 0.05) is 24.0 Å². The van der Waals surface area contributed by atoms with E-state index in [2.05, 4.69) is 52.1 Å². The fourth-order valence-corrected chi connectivity index (χ4v) is 4.10. The summed E-state index contributed by atoms with van der Waals surface area (Å²) in [6.45, 7) is 7.08. The number of aryl methyl sites for hydroxylation is 2. The van der Waals surface area contributed by atoms with E-state index in [4.69, 9.17) is 14.9 Å². The summed E-state index contributed by atoms with van der Waals surface area (Å²) in [5.41, 5.74) is 12.5. The number of pyridine rings is 1. The zero-order chi connectivity index (χ0) is 20.7. The molecule has 0 unspecified atom stereocenters. The van der Waals surface area contributed by atoms with Gasteiger partial charge in [-0.15, -0.1) is 0 Å². The zero-order valence-corrected chi connectivity index (χ0v) is 17.2. The van der Waals surface area contributed by atoms with Gasteiger partial charge in [0.25, 0.3) is 0 Å². The Kier molecular flexibility index (Phi) is 4.64. The quantitative estimate of drug-likeness (QED) is 0.542. The van der Waals surface area contributed by atoms with Crippen molar-refractivity contribution in [2.75, 3.05) is 36.9 Å². The molecule has 0 aliphatic carbocycles. The standard InChI is InChI=1S/C24H24N4O2/c1-15-4-3-5-19(24-26-14-16(2)30-24)22(15)17-6-7-20-18(12-17)13-21(23(25)27-20)28-8-10-29-11-9-28/h3-7,12-14H,8-11H2,1-2H3,(H2,25,27). The maximum absolute atomic E-state index is 6.28. The molecule has 3 heterocycles. The van der Waals surface area contributed by atoms with E-state index in [0.717, 1.165) is 52.1 Å². The summed E-state index contributed by atoms with van der Waals surface area (Å²) in [5.74, 6) is 1.99. The minimum atomic E-state index is 0.559. The van der Waals surface area contributed by atoms with Crippen LogP contribution in [0.4, 0.5) is 11.5 Å². The van der Waals surface area contributed by atoms with Crippen LogP contribution in [0.3, 0.4) is 0 Å². The van der Waals surface area contributed by atoms with Crippen LogP contribution < -0.4 is 10.6 Å². The number of hydrogen-bond acceptors (Lipinski definition) is 6. The van der Waals surface area contributed by atoms with Crippen molar-refractivity contribution in [2.45, 2.75) is 13.8 Å². The summed E-state index contributed by atoms with van der Waals surface area (Å²) in [7, 11) is 0. The molecule has 2 N–H and O–H groups in total. The van der Waals surface area contributed by atoms with Crippen molar-refractivity contribution in [2.24, 2.45) is 0 Å². The molecule has 1 fully saturated rings. The van der Waals surface area contributed by atoms with Crippen LogP contribution in [0.25, 0.3) is 33.5 Å².